The van der Waals surface area contributed by atoms with Crippen LogP contribution in [0.3, 0.4) is 0 Å². The molecule has 0 bridgehead atoms. The maximum absolute atomic E-state index is 12.3. The van der Waals surface area contributed by atoms with E-state index in [0.717, 1.165) is 5.56 Å². The molecule has 0 radical (unpaired) electrons. The summed E-state index contributed by atoms with van der Waals surface area (Å²) in [6.07, 6.45) is 0. The molecule has 112 valence electrons. The summed E-state index contributed by atoms with van der Waals surface area (Å²) >= 11 is 0. The van der Waals surface area contributed by atoms with Crippen molar-refractivity contribution in [3.05, 3.63) is 54.1 Å². The molecule has 2 rings (SSSR count). The normalized spacial score (nSPS) is 11.1. The van der Waals surface area contributed by atoms with Crippen LogP contribution in [0, 0.1) is 0 Å². The maximum Gasteiger partial charge on any atom is 0.244 e. The number of methoxy groups -OCH3 is 2. The zero-order valence-corrected chi connectivity index (χ0v) is 12.7. The Morgan fingerprint density at radius 3 is 2.48 bits per heavy atom. The summed E-state index contributed by atoms with van der Waals surface area (Å²) in [5, 5.41) is 0. The van der Waals surface area contributed by atoms with E-state index < -0.39 is 10.0 Å². The topological polar surface area (TPSA) is 64.6 Å². The highest BCUT2D eigenvalue weighted by molar-refractivity contribution is 7.89. The Kier molecular flexibility index (Phi) is 4.82. The van der Waals surface area contributed by atoms with Gasteiger partial charge in [0, 0.05) is 6.54 Å². The fourth-order valence-corrected chi connectivity index (χ4v) is 3.07. The number of nitrogens with one attached hydrogen (secondary N) is 1. The van der Waals surface area contributed by atoms with Crippen molar-refractivity contribution < 1.29 is 17.9 Å². The van der Waals surface area contributed by atoms with Crippen LogP contribution in [0.5, 0.6) is 11.5 Å². The Morgan fingerprint density at radius 1 is 1.00 bits per heavy atom. The minimum Gasteiger partial charge on any atom is -0.497 e. The van der Waals surface area contributed by atoms with Crippen molar-refractivity contribution in [1.82, 2.24) is 4.72 Å². The molecular weight excluding hydrogens is 290 g/mol. The van der Waals surface area contributed by atoms with Crippen molar-refractivity contribution >= 4 is 10.0 Å². The van der Waals surface area contributed by atoms with Gasteiger partial charge in [-0.2, -0.15) is 0 Å². The third kappa shape index (κ3) is 3.74. The second-order valence-corrected chi connectivity index (χ2v) is 6.06. The van der Waals surface area contributed by atoms with E-state index in [1.54, 1.807) is 37.4 Å². The molecule has 21 heavy (non-hydrogen) atoms. The van der Waals surface area contributed by atoms with Gasteiger partial charge in [-0.05, 0) is 29.8 Å². The van der Waals surface area contributed by atoms with Crippen molar-refractivity contribution in [2.24, 2.45) is 0 Å². The molecule has 0 spiro atoms. The molecule has 2 aromatic rings. The predicted molar refractivity (Wildman–Crippen MR) is 80.0 cm³/mol. The van der Waals surface area contributed by atoms with Crippen molar-refractivity contribution in [2.75, 3.05) is 14.2 Å². The molecule has 0 amide bonds. The molecule has 0 aliphatic carbocycles. The summed E-state index contributed by atoms with van der Waals surface area (Å²) in [4.78, 5) is 0.121. The summed E-state index contributed by atoms with van der Waals surface area (Å²) in [7, 11) is -0.628. The Balaban J connectivity index is 2.18. The molecule has 0 unspecified atom stereocenters. The van der Waals surface area contributed by atoms with E-state index in [4.69, 9.17) is 9.47 Å². The van der Waals surface area contributed by atoms with Gasteiger partial charge in [0.2, 0.25) is 10.0 Å². The first-order chi connectivity index (χ1) is 10.1. The van der Waals surface area contributed by atoms with E-state index >= 15 is 0 Å². The Labute approximate surface area is 124 Å². The van der Waals surface area contributed by atoms with E-state index in [1.807, 2.05) is 12.1 Å². The summed E-state index contributed by atoms with van der Waals surface area (Å²) in [6, 6.07) is 13.7. The van der Waals surface area contributed by atoms with Crippen LogP contribution in [-0.4, -0.2) is 22.6 Å². The van der Waals surface area contributed by atoms with Crippen LogP contribution in [0.25, 0.3) is 0 Å². The van der Waals surface area contributed by atoms with Crippen molar-refractivity contribution in [3.63, 3.8) is 0 Å². The van der Waals surface area contributed by atoms with Gasteiger partial charge < -0.3 is 9.47 Å². The van der Waals surface area contributed by atoms with Gasteiger partial charge in [0.05, 0.1) is 14.2 Å². The summed E-state index contributed by atoms with van der Waals surface area (Å²) in [6.45, 7) is 0.178. The Morgan fingerprint density at radius 2 is 1.76 bits per heavy atom. The highest BCUT2D eigenvalue weighted by Crippen LogP contribution is 2.23. The number of rotatable bonds is 6. The van der Waals surface area contributed by atoms with Crippen LogP contribution in [0.1, 0.15) is 5.56 Å². The lowest BCUT2D eigenvalue weighted by Crippen LogP contribution is -2.23. The van der Waals surface area contributed by atoms with Crippen LogP contribution in [0.2, 0.25) is 0 Å². The predicted octanol–water partition coefficient (Wildman–Crippen LogP) is 2.18. The molecule has 0 saturated heterocycles. The van der Waals surface area contributed by atoms with Crippen LogP contribution in [0.4, 0.5) is 0 Å². The average molecular weight is 307 g/mol. The fourth-order valence-electron chi connectivity index (χ4n) is 1.88. The van der Waals surface area contributed by atoms with Crippen LogP contribution >= 0.6 is 0 Å². The third-order valence-corrected chi connectivity index (χ3v) is 4.40. The molecule has 0 heterocycles. The second-order valence-electron chi connectivity index (χ2n) is 4.33. The number of para-hydroxylation sites is 1. The summed E-state index contributed by atoms with van der Waals surface area (Å²) in [5.41, 5.74) is 0.813. The van der Waals surface area contributed by atoms with Crippen LogP contribution in [0.15, 0.2) is 53.4 Å². The number of hydrogen-bond donors (Lipinski definition) is 1. The summed E-state index contributed by atoms with van der Waals surface area (Å²) in [5.74, 6) is 1.000. The van der Waals surface area contributed by atoms with Crippen molar-refractivity contribution in [2.45, 2.75) is 11.4 Å². The van der Waals surface area contributed by atoms with Gasteiger partial charge in [-0.3, -0.25) is 0 Å². The largest absolute Gasteiger partial charge is 0.497 e. The van der Waals surface area contributed by atoms with Crippen LogP contribution < -0.4 is 14.2 Å². The quantitative estimate of drug-likeness (QED) is 0.888. The SMILES string of the molecule is COc1cccc(CNS(=O)(=O)c2ccccc2OC)c1. The number of benzene rings is 2. The molecule has 0 atom stereocenters. The average Bonchev–Trinajstić information content (AvgIpc) is 2.53. The third-order valence-electron chi connectivity index (χ3n) is 2.96. The number of hydrogen-bond acceptors (Lipinski definition) is 4. The lowest BCUT2D eigenvalue weighted by Gasteiger charge is -2.11. The Bertz CT molecular complexity index is 713. The highest BCUT2D eigenvalue weighted by Gasteiger charge is 2.18. The zero-order chi connectivity index (χ0) is 15.3. The minimum absolute atomic E-state index is 0.121. The van der Waals surface area contributed by atoms with Gasteiger partial charge in [0.1, 0.15) is 16.4 Å². The smallest absolute Gasteiger partial charge is 0.244 e. The van der Waals surface area contributed by atoms with Crippen LogP contribution in [-0.2, 0) is 16.6 Å². The molecule has 0 aromatic heterocycles. The minimum atomic E-state index is -3.64. The fraction of sp³-hybridized carbons (Fsp3) is 0.200. The molecule has 5 nitrogen and oxygen atoms in total. The molecule has 0 saturated carbocycles. The number of sulfonamides is 1. The first-order valence-corrected chi connectivity index (χ1v) is 7.81. The van der Waals surface area contributed by atoms with Crippen molar-refractivity contribution in [1.29, 1.82) is 0 Å². The molecule has 0 aliphatic heterocycles. The lowest BCUT2D eigenvalue weighted by molar-refractivity contribution is 0.402. The Hall–Kier alpha value is -2.05. The van der Waals surface area contributed by atoms with Gasteiger partial charge in [-0.1, -0.05) is 24.3 Å². The first kappa shape index (κ1) is 15.3. The molecule has 1 N–H and O–H groups in total. The van der Waals surface area contributed by atoms with E-state index in [9.17, 15) is 8.42 Å². The van der Waals surface area contributed by atoms with E-state index in [2.05, 4.69) is 4.72 Å². The van der Waals surface area contributed by atoms with Gasteiger partial charge in [0.25, 0.3) is 0 Å². The maximum atomic E-state index is 12.3. The molecule has 0 aliphatic rings. The molecular formula is C15H17NO4S. The zero-order valence-electron chi connectivity index (χ0n) is 11.9. The van der Waals surface area contributed by atoms with E-state index in [0.29, 0.717) is 11.5 Å². The standard InChI is InChI=1S/C15H17NO4S/c1-19-13-7-5-6-12(10-13)11-16-21(17,18)15-9-4-3-8-14(15)20-2/h3-10,16H,11H2,1-2H3. The first-order valence-electron chi connectivity index (χ1n) is 6.32. The van der Waals surface area contributed by atoms with E-state index in [-0.39, 0.29) is 11.4 Å². The molecule has 2 aromatic carbocycles. The van der Waals surface area contributed by atoms with Gasteiger partial charge in [0.15, 0.2) is 0 Å². The van der Waals surface area contributed by atoms with Gasteiger partial charge >= 0.3 is 0 Å². The van der Waals surface area contributed by atoms with Gasteiger partial charge in [-0.15, -0.1) is 0 Å². The van der Waals surface area contributed by atoms with Crippen molar-refractivity contribution in [3.8, 4) is 11.5 Å². The second kappa shape index (κ2) is 6.60. The monoisotopic (exact) mass is 307 g/mol. The van der Waals surface area contributed by atoms with Gasteiger partial charge in [-0.25, -0.2) is 13.1 Å². The lowest BCUT2D eigenvalue weighted by atomic mass is 10.2. The molecule has 0 fully saturated rings. The highest BCUT2D eigenvalue weighted by atomic mass is 32.2. The van der Waals surface area contributed by atoms with E-state index in [1.165, 1.54) is 13.2 Å². The summed E-state index contributed by atoms with van der Waals surface area (Å²) < 4.78 is 37.4. The molecule has 6 heteroatoms. The number of ether oxygens (including phenoxy) is 2.